The van der Waals surface area contributed by atoms with E-state index in [-0.39, 0.29) is 12.2 Å². The second kappa shape index (κ2) is 7.47. The number of carboxylic acid groups (broad SMARTS) is 1. The van der Waals surface area contributed by atoms with Crippen LogP contribution >= 0.6 is 0 Å². The topological polar surface area (TPSA) is 79.3 Å². The van der Waals surface area contributed by atoms with Gasteiger partial charge in [-0.3, -0.25) is 19.9 Å². The van der Waals surface area contributed by atoms with Crippen molar-refractivity contribution in [1.29, 1.82) is 0 Å². The predicted octanol–water partition coefficient (Wildman–Crippen LogP) is 2.21. The molecule has 2 rings (SSSR count). The third kappa shape index (κ3) is 4.49. The van der Waals surface area contributed by atoms with Gasteiger partial charge in [0.05, 0.1) is 0 Å². The van der Waals surface area contributed by atoms with Gasteiger partial charge in [-0.25, -0.2) is 0 Å². The first-order chi connectivity index (χ1) is 10.6. The third-order valence-corrected chi connectivity index (χ3v) is 3.34. The van der Waals surface area contributed by atoms with Gasteiger partial charge in [-0.1, -0.05) is 35.9 Å². The Hall–Kier alpha value is -2.53. The fourth-order valence-corrected chi connectivity index (χ4v) is 2.03. The van der Waals surface area contributed by atoms with Crippen LogP contribution in [0.1, 0.15) is 27.9 Å². The summed E-state index contributed by atoms with van der Waals surface area (Å²) in [5, 5.41) is 12.1. The van der Waals surface area contributed by atoms with Crippen LogP contribution < -0.4 is 5.32 Å². The van der Waals surface area contributed by atoms with Gasteiger partial charge in [-0.15, -0.1) is 0 Å². The van der Waals surface area contributed by atoms with Crippen LogP contribution in [0.4, 0.5) is 0 Å². The number of aromatic nitrogens is 1. The fraction of sp³-hybridized carbons (Fsp3) is 0.235. The summed E-state index contributed by atoms with van der Waals surface area (Å²) in [5.74, 6) is -1.23. The number of rotatable bonds is 7. The van der Waals surface area contributed by atoms with E-state index < -0.39 is 12.0 Å². The van der Waals surface area contributed by atoms with Gasteiger partial charge in [0.15, 0.2) is 5.78 Å². The molecule has 0 amide bonds. The van der Waals surface area contributed by atoms with Gasteiger partial charge >= 0.3 is 5.97 Å². The van der Waals surface area contributed by atoms with Crippen LogP contribution in [0.2, 0.25) is 0 Å². The van der Waals surface area contributed by atoms with E-state index in [1.165, 1.54) is 0 Å². The van der Waals surface area contributed by atoms with Crippen molar-refractivity contribution in [2.75, 3.05) is 0 Å². The van der Waals surface area contributed by atoms with Gasteiger partial charge in [0, 0.05) is 30.9 Å². The minimum absolute atomic E-state index is 0.0847. The predicted molar refractivity (Wildman–Crippen MR) is 82.6 cm³/mol. The Balaban J connectivity index is 1.98. The lowest BCUT2D eigenvalue weighted by molar-refractivity contribution is -0.139. The van der Waals surface area contributed by atoms with Crippen LogP contribution in [0.5, 0.6) is 0 Å². The van der Waals surface area contributed by atoms with Gasteiger partial charge in [0.1, 0.15) is 6.04 Å². The number of pyridine rings is 1. The lowest BCUT2D eigenvalue weighted by Gasteiger charge is -2.14. The number of hydrogen-bond donors (Lipinski definition) is 2. The molecule has 1 unspecified atom stereocenters. The molecule has 0 spiro atoms. The van der Waals surface area contributed by atoms with E-state index in [2.05, 4.69) is 10.3 Å². The molecule has 1 aromatic carbocycles. The first kappa shape index (κ1) is 15.9. The molecule has 114 valence electrons. The van der Waals surface area contributed by atoms with Crippen LogP contribution in [0, 0.1) is 6.92 Å². The number of aliphatic carboxylic acids is 1. The summed E-state index contributed by atoms with van der Waals surface area (Å²) in [4.78, 5) is 27.4. The smallest absolute Gasteiger partial charge is 0.321 e. The zero-order valence-corrected chi connectivity index (χ0v) is 12.3. The largest absolute Gasteiger partial charge is 0.480 e. The van der Waals surface area contributed by atoms with E-state index in [1.807, 2.05) is 25.1 Å². The minimum atomic E-state index is -1.04. The molecule has 1 atom stereocenters. The summed E-state index contributed by atoms with van der Waals surface area (Å²) >= 11 is 0. The second-order valence-corrected chi connectivity index (χ2v) is 5.13. The molecule has 0 fully saturated rings. The summed E-state index contributed by atoms with van der Waals surface area (Å²) in [5.41, 5.74) is 2.46. The number of carboxylic acids is 1. The molecule has 0 bridgehead atoms. The van der Waals surface area contributed by atoms with Gasteiger partial charge < -0.3 is 5.11 Å². The Labute approximate surface area is 129 Å². The summed E-state index contributed by atoms with van der Waals surface area (Å²) in [7, 11) is 0. The highest BCUT2D eigenvalue weighted by Crippen LogP contribution is 2.09. The SMILES string of the molecule is Cc1ccc(C(=O)CC(NCc2cccnc2)C(=O)O)cc1. The molecule has 0 aliphatic rings. The molecule has 0 aliphatic heterocycles. The summed E-state index contributed by atoms with van der Waals surface area (Å²) in [6.07, 6.45) is 3.23. The van der Waals surface area contributed by atoms with Crippen LogP contribution in [0.15, 0.2) is 48.8 Å². The molecule has 0 aliphatic carbocycles. The third-order valence-electron chi connectivity index (χ3n) is 3.34. The zero-order chi connectivity index (χ0) is 15.9. The Morgan fingerprint density at radius 2 is 1.95 bits per heavy atom. The van der Waals surface area contributed by atoms with Crippen LogP contribution in [-0.4, -0.2) is 27.9 Å². The second-order valence-electron chi connectivity index (χ2n) is 5.13. The van der Waals surface area contributed by atoms with Crippen molar-refractivity contribution in [1.82, 2.24) is 10.3 Å². The van der Waals surface area contributed by atoms with Crippen LogP contribution in [-0.2, 0) is 11.3 Å². The highest BCUT2D eigenvalue weighted by Gasteiger charge is 2.21. The normalized spacial score (nSPS) is 11.9. The molecule has 2 N–H and O–H groups in total. The molecular weight excluding hydrogens is 280 g/mol. The molecule has 1 heterocycles. The number of ketones is 1. The van der Waals surface area contributed by atoms with Crippen molar-refractivity contribution in [3.8, 4) is 0 Å². The standard InChI is InChI=1S/C17H18N2O3/c1-12-4-6-14(7-5-12)16(20)9-15(17(21)22)19-11-13-3-2-8-18-10-13/h2-8,10,15,19H,9,11H2,1H3,(H,21,22). The van der Waals surface area contributed by atoms with E-state index >= 15 is 0 Å². The number of aryl methyl sites for hydroxylation is 1. The number of benzene rings is 1. The lowest BCUT2D eigenvalue weighted by atomic mass is 10.0. The lowest BCUT2D eigenvalue weighted by Crippen LogP contribution is -2.38. The average molecular weight is 298 g/mol. The molecule has 0 saturated carbocycles. The molecule has 22 heavy (non-hydrogen) atoms. The van der Waals surface area contributed by atoms with E-state index in [1.54, 1.807) is 30.6 Å². The molecule has 2 aromatic rings. The van der Waals surface area contributed by atoms with Crippen LogP contribution in [0.25, 0.3) is 0 Å². The summed E-state index contributed by atoms with van der Waals surface area (Å²) in [6.45, 7) is 2.29. The quantitative estimate of drug-likeness (QED) is 0.766. The Kier molecular flexibility index (Phi) is 5.38. The number of hydrogen-bond acceptors (Lipinski definition) is 4. The maximum Gasteiger partial charge on any atom is 0.321 e. The maximum absolute atomic E-state index is 12.2. The molecule has 5 nitrogen and oxygen atoms in total. The molecule has 0 radical (unpaired) electrons. The number of nitrogens with one attached hydrogen (secondary N) is 1. The van der Waals surface area contributed by atoms with E-state index in [9.17, 15) is 14.7 Å². The summed E-state index contributed by atoms with van der Waals surface area (Å²) in [6, 6.07) is 9.83. The number of carbonyl (C=O) groups excluding carboxylic acids is 1. The molecular formula is C17H18N2O3. The Morgan fingerprint density at radius 3 is 2.55 bits per heavy atom. The molecule has 0 saturated heterocycles. The van der Waals surface area contributed by atoms with E-state index in [0.29, 0.717) is 12.1 Å². The monoisotopic (exact) mass is 298 g/mol. The first-order valence-electron chi connectivity index (χ1n) is 7.01. The van der Waals surface area contributed by atoms with Crippen molar-refractivity contribution in [2.24, 2.45) is 0 Å². The number of carbonyl (C=O) groups is 2. The molecule has 1 aromatic heterocycles. The van der Waals surface area contributed by atoms with Gasteiger partial charge in [0.25, 0.3) is 0 Å². The van der Waals surface area contributed by atoms with E-state index in [4.69, 9.17) is 0 Å². The van der Waals surface area contributed by atoms with Crippen molar-refractivity contribution in [2.45, 2.75) is 25.9 Å². The highest BCUT2D eigenvalue weighted by atomic mass is 16.4. The Morgan fingerprint density at radius 1 is 1.23 bits per heavy atom. The van der Waals surface area contributed by atoms with Gasteiger partial charge in [-0.2, -0.15) is 0 Å². The average Bonchev–Trinajstić information content (AvgIpc) is 2.52. The van der Waals surface area contributed by atoms with Crippen molar-refractivity contribution >= 4 is 11.8 Å². The van der Waals surface area contributed by atoms with Crippen molar-refractivity contribution < 1.29 is 14.7 Å². The minimum Gasteiger partial charge on any atom is -0.480 e. The van der Waals surface area contributed by atoms with Gasteiger partial charge in [-0.05, 0) is 18.6 Å². The zero-order valence-electron chi connectivity index (χ0n) is 12.3. The summed E-state index contributed by atoms with van der Waals surface area (Å²) < 4.78 is 0. The van der Waals surface area contributed by atoms with Crippen molar-refractivity contribution in [3.05, 3.63) is 65.5 Å². The van der Waals surface area contributed by atoms with E-state index in [0.717, 1.165) is 11.1 Å². The Bertz CT molecular complexity index is 639. The fourth-order valence-electron chi connectivity index (χ4n) is 2.03. The first-order valence-corrected chi connectivity index (χ1v) is 7.01. The van der Waals surface area contributed by atoms with Gasteiger partial charge in [0.2, 0.25) is 0 Å². The number of nitrogens with zero attached hydrogens (tertiary/aromatic N) is 1. The van der Waals surface area contributed by atoms with Crippen molar-refractivity contribution in [3.63, 3.8) is 0 Å². The van der Waals surface area contributed by atoms with Crippen LogP contribution in [0.3, 0.4) is 0 Å². The molecule has 5 heteroatoms. The highest BCUT2D eigenvalue weighted by molar-refractivity contribution is 5.98. The maximum atomic E-state index is 12.2. The number of Topliss-reactive ketones (excluding diaryl/α,β-unsaturated/α-hetero) is 1.